The minimum atomic E-state index is -1.02. The lowest BCUT2D eigenvalue weighted by molar-refractivity contribution is 0.0980. The van der Waals surface area contributed by atoms with E-state index in [4.69, 9.17) is 5.73 Å². The summed E-state index contributed by atoms with van der Waals surface area (Å²) in [5.74, 6) is 5.68. The van der Waals surface area contributed by atoms with Crippen LogP contribution in [-0.2, 0) is 0 Å². The van der Waals surface area contributed by atoms with Gasteiger partial charge in [0.25, 0.3) is 0 Å². The predicted octanol–water partition coefficient (Wildman–Crippen LogP) is 2.60. The molecule has 7 nitrogen and oxygen atoms in total. The SMILES string of the molecule is CN1CCC(n2cc(-c3nc(N)ncc3F)c3cc(C#CC(C)(O)C4CC4)ncc32)C1. The van der Waals surface area contributed by atoms with Gasteiger partial charge in [0, 0.05) is 29.7 Å². The second kappa shape index (κ2) is 7.29. The lowest BCUT2D eigenvalue weighted by Gasteiger charge is -2.14. The Labute approximate surface area is 180 Å². The van der Waals surface area contributed by atoms with E-state index in [9.17, 15) is 9.50 Å². The first-order valence-corrected chi connectivity index (χ1v) is 10.5. The van der Waals surface area contributed by atoms with E-state index in [2.05, 4.69) is 43.3 Å². The van der Waals surface area contributed by atoms with Crippen LogP contribution in [0.3, 0.4) is 0 Å². The van der Waals surface area contributed by atoms with Gasteiger partial charge in [-0.3, -0.25) is 0 Å². The second-order valence-electron chi connectivity index (χ2n) is 8.84. The predicted molar refractivity (Wildman–Crippen MR) is 117 cm³/mol. The zero-order valence-corrected chi connectivity index (χ0v) is 17.6. The number of anilines is 1. The number of aliphatic hydroxyl groups is 1. The molecule has 0 amide bonds. The molecule has 2 unspecified atom stereocenters. The minimum absolute atomic E-state index is 0.0208. The van der Waals surface area contributed by atoms with E-state index in [1.807, 2.05) is 12.3 Å². The number of halogens is 1. The molecule has 3 N–H and O–H groups in total. The molecule has 160 valence electrons. The highest BCUT2D eigenvalue weighted by molar-refractivity contribution is 5.95. The van der Waals surface area contributed by atoms with E-state index in [1.54, 1.807) is 13.1 Å². The van der Waals surface area contributed by atoms with Crippen LogP contribution in [0.4, 0.5) is 10.3 Å². The van der Waals surface area contributed by atoms with Gasteiger partial charge in [0.2, 0.25) is 5.95 Å². The Kier molecular flexibility index (Phi) is 4.68. The highest BCUT2D eigenvalue weighted by Gasteiger charge is 2.38. The Morgan fingerprint density at radius 2 is 2.06 bits per heavy atom. The van der Waals surface area contributed by atoms with Gasteiger partial charge in [-0.1, -0.05) is 5.92 Å². The molecule has 3 aromatic rings. The quantitative estimate of drug-likeness (QED) is 0.633. The molecule has 3 aromatic heterocycles. The smallest absolute Gasteiger partial charge is 0.220 e. The number of likely N-dealkylation sites (N-methyl/N-ethyl adjacent to an activating group) is 1. The molecule has 31 heavy (non-hydrogen) atoms. The fraction of sp³-hybridized carbons (Fsp3) is 0.435. The molecular weight excluding hydrogens is 395 g/mol. The van der Waals surface area contributed by atoms with Gasteiger partial charge in [-0.2, -0.15) is 0 Å². The maximum atomic E-state index is 14.7. The van der Waals surface area contributed by atoms with Gasteiger partial charge in [-0.25, -0.2) is 19.3 Å². The average molecular weight is 420 g/mol. The van der Waals surface area contributed by atoms with Gasteiger partial charge in [-0.05, 0) is 57.7 Å². The summed E-state index contributed by atoms with van der Waals surface area (Å²) in [6.45, 7) is 3.65. The standard InChI is InChI=1S/C23H25FN6O/c1-23(31,14-3-4-14)7-5-15-9-17-18(21-19(24)10-27-22(25)28-21)13-30(20(17)11-26-15)16-6-8-29(2)12-16/h9-11,13-14,16,31H,3-4,6,8,12H2,1-2H3,(H2,25,27,28). The van der Waals surface area contributed by atoms with Crippen molar-refractivity contribution in [3.63, 3.8) is 0 Å². The van der Waals surface area contributed by atoms with E-state index in [1.165, 1.54) is 0 Å². The molecule has 5 rings (SSSR count). The van der Waals surface area contributed by atoms with Crippen molar-refractivity contribution in [3.8, 4) is 23.1 Å². The molecule has 1 saturated heterocycles. The van der Waals surface area contributed by atoms with Gasteiger partial charge < -0.3 is 20.3 Å². The third kappa shape index (κ3) is 3.75. The van der Waals surface area contributed by atoms with Gasteiger partial charge in [0.05, 0.1) is 17.9 Å². The summed E-state index contributed by atoms with van der Waals surface area (Å²) in [5.41, 5.74) is 6.95. The summed E-state index contributed by atoms with van der Waals surface area (Å²) >= 11 is 0. The van der Waals surface area contributed by atoms with Crippen LogP contribution in [0.25, 0.3) is 22.2 Å². The van der Waals surface area contributed by atoms with Crippen LogP contribution in [0.15, 0.2) is 24.7 Å². The molecule has 1 aliphatic carbocycles. The summed E-state index contributed by atoms with van der Waals surface area (Å²) < 4.78 is 16.8. The molecule has 0 aromatic carbocycles. The number of aromatic nitrogens is 4. The van der Waals surface area contributed by atoms with Crippen molar-refractivity contribution in [3.05, 3.63) is 36.2 Å². The van der Waals surface area contributed by atoms with Crippen molar-refractivity contribution in [2.24, 2.45) is 5.92 Å². The first kappa shape index (κ1) is 19.9. The molecule has 8 heteroatoms. The topological polar surface area (TPSA) is 93.1 Å². The van der Waals surface area contributed by atoms with Crippen molar-refractivity contribution in [1.29, 1.82) is 0 Å². The number of pyridine rings is 1. The molecule has 0 spiro atoms. The van der Waals surface area contributed by atoms with Crippen molar-refractivity contribution in [1.82, 2.24) is 24.4 Å². The number of likely N-dealkylation sites (tertiary alicyclic amines) is 1. The van der Waals surface area contributed by atoms with E-state index in [0.717, 1.165) is 49.5 Å². The van der Waals surface area contributed by atoms with Crippen LogP contribution < -0.4 is 5.73 Å². The first-order valence-electron chi connectivity index (χ1n) is 10.5. The highest BCUT2D eigenvalue weighted by Crippen LogP contribution is 2.39. The summed E-state index contributed by atoms with van der Waals surface area (Å²) in [5, 5.41) is 11.3. The van der Waals surface area contributed by atoms with Crippen LogP contribution in [0.2, 0.25) is 0 Å². The first-order chi connectivity index (χ1) is 14.8. The summed E-state index contributed by atoms with van der Waals surface area (Å²) in [6.07, 6.45) is 7.78. The number of nitrogens with zero attached hydrogens (tertiary/aromatic N) is 5. The highest BCUT2D eigenvalue weighted by atomic mass is 19.1. The third-order valence-corrected chi connectivity index (χ3v) is 6.31. The average Bonchev–Trinajstić information content (AvgIpc) is 3.43. The Balaban J connectivity index is 1.65. The Hall–Kier alpha value is -3.02. The Morgan fingerprint density at radius 3 is 2.77 bits per heavy atom. The molecule has 1 aliphatic heterocycles. The summed E-state index contributed by atoms with van der Waals surface area (Å²) in [7, 11) is 2.09. The van der Waals surface area contributed by atoms with Crippen molar-refractivity contribution in [2.75, 3.05) is 25.9 Å². The lowest BCUT2D eigenvalue weighted by atomic mass is 10.0. The normalized spacial score (nSPS) is 21.1. The molecule has 4 heterocycles. The van der Waals surface area contributed by atoms with Crippen LogP contribution >= 0.6 is 0 Å². The molecule has 2 fully saturated rings. The van der Waals surface area contributed by atoms with Crippen molar-refractivity contribution < 1.29 is 9.50 Å². The van der Waals surface area contributed by atoms with Gasteiger partial charge in [-0.15, -0.1) is 0 Å². The third-order valence-electron chi connectivity index (χ3n) is 6.31. The second-order valence-corrected chi connectivity index (χ2v) is 8.84. The zero-order valence-electron chi connectivity index (χ0n) is 17.6. The number of fused-ring (bicyclic) bond motifs is 1. The van der Waals surface area contributed by atoms with Crippen molar-refractivity contribution in [2.45, 2.75) is 37.8 Å². The number of hydrogen-bond acceptors (Lipinski definition) is 6. The molecule has 1 saturated carbocycles. The summed E-state index contributed by atoms with van der Waals surface area (Å²) in [6, 6.07) is 2.10. The van der Waals surface area contributed by atoms with E-state index in [-0.39, 0.29) is 23.6 Å². The van der Waals surface area contributed by atoms with Crippen LogP contribution in [0, 0.1) is 23.6 Å². The zero-order chi connectivity index (χ0) is 21.8. The fourth-order valence-corrected chi connectivity index (χ4v) is 4.35. The van der Waals surface area contributed by atoms with E-state index < -0.39 is 11.4 Å². The molecule has 0 radical (unpaired) electrons. The minimum Gasteiger partial charge on any atom is -0.378 e. The summed E-state index contributed by atoms with van der Waals surface area (Å²) in [4.78, 5) is 14.7. The van der Waals surface area contributed by atoms with Crippen LogP contribution in [-0.4, -0.2) is 55.3 Å². The maximum absolute atomic E-state index is 14.7. The lowest BCUT2D eigenvalue weighted by Crippen LogP contribution is -2.24. The Bertz CT molecular complexity index is 1220. The maximum Gasteiger partial charge on any atom is 0.220 e. The van der Waals surface area contributed by atoms with Crippen molar-refractivity contribution >= 4 is 16.9 Å². The van der Waals surface area contributed by atoms with E-state index >= 15 is 0 Å². The van der Waals surface area contributed by atoms with Gasteiger partial charge in [0.1, 0.15) is 17.0 Å². The van der Waals surface area contributed by atoms with Gasteiger partial charge >= 0.3 is 0 Å². The fourth-order valence-electron chi connectivity index (χ4n) is 4.35. The van der Waals surface area contributed by atoms with Gasteiger partial charge in [0.15, 0.2) is 5.82 Å². The number of nitrogens with two attached hydrogens (primary N) is 1. The largest absolute Gasteiger partial charge is 0.378 e. The van der Waals surface area contributed by atoms with Crippen LogP contribution in [0.1, 0.15) is 37.9 Å². The number of rotatable bonds is 3. The number of nitrogen functional groups attached to an aromatic ring is 1. The Morgan fingerprint density at radius 1 is 1.26 bits per heavy atom. The molecule has 0 bridgehead atoms. The van der Waals surface area contributed by atoms with E-state index in [0.29, 0.717) is 11.3 Å². The monoisotopic (exact) mass is 420 g/mol. The molecular formula is C23H25FN6O. The molecule has 2 atom stereocenters. The number of hydrogen-bond donors (Lipinski definition) is 2. The van der Waals surface area contributed by atoms with Crippen LogP contribution in [0.5, 0.6) is 0 Å². The molecule has 2 aliphatic rings.